The van der Waals surface area contributed by atoms with Gasteiger partial charge in [0.25, 0.3) is 11.1 Å². The van der Waals surface area contributed by atoms with Gasteiger partial charge in [-0.25, -0.2) is 4.98 Å². The number of oxazole rings is 1. The molecule has 1 N–H and O–H groups in total. The second kappa shape index (κ2) is 8.87. The smallest absolute Gasteiger partial charge is 0.257 e. The van der Waals surface area contributed by atoms with Crippen molar-refractivity contribution in [1.29, 1.82) is 0 Å². The minimum absolute atomic E-state index is 0.0644. The van der Waals surface area contributed by atoms with Gasteiger partial charge in [-0.15, -0.1) is 0 Å². The Bertz CT molecular complexity index is 892. The highest BCUT2D eigenvalue weighted by Crippen LogP contribution is 2.27. The first-order chi connectivity index (χ1) is 12.7. The third-order valence-corrected chi connectivity index (χ3v) is 4.86. The summed E-state index contributed by atoms with van der Waals surface area (Å²) in [4.78, 5) is 16.7. The van der Waals surface area contributed by atoms with E-state index in [0.717, 1.165) is 28.6 Å². The third kappa shape index (κ3) is 4.65. The van der Waals surface area contributed by atoms with E-state index in [1.807, 2.05) is 49.4 Å². The molecule has 0 saturated carbocycles. The minimum Gasteiger partial charge on any atom is -0.431 e. The molecule has 5 nitrogen and oxygen atoms in total. The van der Waals surface area contributed by atoms with Crippen molar-refractivity contribution in [2.24, 2.45) is 0 Å². The molecule has 1 amide bonds. The van der Waals surface area contributed by atoms with Crippen LogP contribution in [0.1, 0.15) is 27.9 Å². The molecule has 3 rings (SSSR count). The molecule has 0 fully saturated rings. The van der Waals surface area contributed by atoms with Crippen molar-refractivity contribution in [3.05, 3.63) is 59.2 Å². The zero-order valence-corrected chi connectivity index (χ0v) is 15.8. The van der Waals surface area contributed by atoms with Gasteiger partial charge in [0.2, 0.25) is 0 Å². The molecule has 0 radical (unpaired) electrons. The normalized spacial score (nSPS) is 11.0. The first-order valence-corrected chi connectivity index (χ1v) is 9.51. The van der Waals surface area contributed by atoms with Crippen LogP contribution in [-0.2, 0) is 10.5 Å². The third-order valence-electron chi connectivity index (χ3n) is 3.96. The lowest BCUT2D eigenvalue weighted by molar-refractivity contribution is 0.0948. The average Bonchev–Trinajstić information content (AvgIpc) is 3.08. The van der Waals surface area contributed by atoms with Gasteiger partial charge in [0, 0.05) is 31.6 Å². The van der Waals surface area contributed by atoms with Crippen LogP contribution in [-0.4, -0.2) is 31.2 Å². The van der Waals surface area contributed by atoms with Crippen LogP contribution in [0, 0.1) is 6.92 Å². The zero-order valence-electron chi connectivity index (χ0n) is 15.0. The molecule has 136 valence electrons. The quantitative estimate of drug-likeness (QED) is 0.476. The molecule has 3 aromatic rings. The van der Waals surface area contributed by atoms with Crippen LogP contribution in [0.2, 0.25) is 0 Å². The van der Waals surface area contributed by atoms with E-state index in [-0.39, 0.29) is 5.91 Å². The number of aryl methyl sites for hydroxylation is 1. The molecule has 1 aromatic heterocycles. The highest BCUT2D eigenvalue weighted by atomic mass is 32.2. The van der Waals surface area contributed by atoms with Crippen LogP contribution in [0.15, 0.2) is 52.1 Å². The van der Waals surface area contributed by atoms with Crippen molar-refractivity contribution in [2.75, 3.05) is 20.3 Å². The summed E-state index contributed by atoms with van der Waals surface area (Å²) in [6, 6.07) is 13.5. The summed E-state index contributed by atoms with van der Waals surface area (Å²) < 4.78 is 10.8. The average molecular weight is 370 g/mol. The molecule has 0 aliphatic heterocycles. The fourth-order valence-corrected chi connectivity index (χ4v) is 3.37. The molecular formula is C20H22N2O3S. The summed E-state index contributed by atoms with van der Waals surface area (Å²) in [5, 5.41) is 3.54. The molecule has 0 spiro atoms. The predicted octanol–water partition coefficient (Wildman–Crippen LogP) is 4.19. The first-order valence-electron chi connectivity index (χ1n) is 8.52. The molecule has 1 heterocycles. The number of fused-ring (bicyclic) bond motifs is 1. The van der Waals surface area contributed by atoms with E-state index in [9.17, 15) is 4.79 Å². The Hall–Kier alpha value is -2.31. The van der Waals surface area contributed by atoms with Crippen molar-refractivity contribution >= 4 is 28.8 Å². The maximum atomic E-state index is 12.2. The molecule has 0 aliphatic carbocycles. The van der Waals surface area contributed by atoms with Gasteiger partial charge in [-0.2, -0.15) is 0 Å². The molecule has 2 aromatic carbocycles. The summed E-state index contributed by atoms with van der Waals surface area (Å²) in [5.41, 5.74) is 4.52. The van der Waals surface area contributed by atoms with Crippen LogP contribution < -0.4 is 5.32 Å². The molecule has 26 heavy (non-hydrogen) atoms. The molecule has 0 unspecified atom stereocenters. The number of ether oxygens (including phenoxy) is 1. The summed E-state index contributed by atoms with van der Waals surface area (Å²) in [6.07, 6.45) is 0.801. The van der Waals surface area contributed by atoms with E-state index in [1.54, 1.807) is 7.11 Å². The number of methoxy groups -OCH3 is 1. The lowest BCUT2D eigenvalue weighted by Crippen LogP contribution is -2.25. The van der Waals surface area contributed by atoms with E-state index in [0.29, 0.717) is 29.7 Å². The van der Waals surface area contributed by atoms with Crippen LogP contribution in [0.5, 0.6) is 0 Å². The summed E-state index contributed by atoms with van der Waals surface area (Å²) in [5.74, 6) is 0.627. The maximum Gasteiger partial charge on any atom is 0.257 e. The molecule has 0 bridgehead atoms. The van der Waals surface area contributed by atoms with E-state index in [1.165, 1.54) is 11.8 Å². The minimum atomic E-state index is -0.0644. The molecular weight excluding hydrogens is 348 g/mol. The van der Waals surface area contributed by atoms with Crippen LogP contribution in [0.25, 0.3) is 11.1 Å². The predicted molar refractivity (Wildman–Crippen MR) is 104 cm³/mol. The second-order valence-electron chi connectivity index (χ2n) is 5.99. The standard InChI is InChI=1S/C20H22N2O3S/c1-14-6-3-9-17-18(14)22-20(25-17)26-13-15-7-4-8-16(12-15)19(23)21-10-5-11-24-2/h3-4,6-9,12H,5,10-11,13H2,1-2H3,(H,21,23). The summed E-state index contributed by atoms with van der Waals surface area (Å²) in [6.45, 7) is 3.27. The van der Waals surface area contributed by atoms with Crippen molar-refractivity contribution in [3.8, 4) is 0 Å². The van der Waals surface area contributed by atoms with Crippen LogP contribution in [0.4, 0.5) is 0 Å². The topological polar surface area (TPSA) is 64.4 Å². The number of aromatic nitrogens is 1. The van der Waals surface area contributed by atoms with Crippen LogP contribution >= 0.6 is 11.8 Å². The second-order valence-corrected chi connectivity index (χ2v) is 6.92. The van der Waals surface area contributed by atoms with Gasteiger partial charge < -0.3 is 14.5 Å². The van der Waals surface area contributed by atoms with Crippen LogP contribution in [0.3, 0.4) is 0 Å². The number of hydrogen-bond acceptors (Lipinski definition) is 5. The van der Waals surface area contributed by atoms with Crippen molar-refractivity contribution in [2.45, 2.75) is 24.3 Å². The molecule has 0 atom stereocenters. The number of nitrogens with zero attached hydrogens (tertiary/aromatic N) is 1. The molecule has 6 heteroatoms. The Morgan fingerprint density at radius 1 is 1.27 bits per heavy atom. The maximum absolute atomic E-state index is 12.2. The first kappa shape index (κ1) is 18.5. The zero-order chi connectivity index (χ0) is 18.4. The molecule has 0 aliphatic rings. The van der Waals surface area contributed by atoms with Crippen molar-refractivity contribution < 1.29 is 13.9 Å². The largest absolute Gasteiger partial charge is 0.431 e. The fraction of sp³-hybridized carbons (Fsp3) is 0.300. The van der Waals surface area contributed by atoms with E-state index >= 15 is 0 Å². The lowest BCUT2D eigenvalue weighted by Gasteiger charge is -2.06. The number of hydrogen-bond donors (Lipinski definition) is 1. The SMILES string of the molecule is COCCCNC(=O)c1cccc(CSc2nc3c(C)cccc3o2)c1. The number of para-hydroxylation sites is 1. The highest BCUT2D eigenvalue weighted by Gasteiger charge is 2.10. The summed E-state index contributed by atoms with van der Waals surface area (Å²) >= 11 is 1.53. The van der Waals surface area contributed by atoms with Crippen molar-refractivity contribution in [1.82, 2.24) is 10.3 Å². The molecule has 0 saturated heterocycles. The number of rotatable bonds is 8. The Balaban J connectivity index is 1.61. The van der Waals surface area contributed by atoms with Gasteiger partial charge in [-0.3, -0.25) is 4.79 Å². The number of carbonyl (C=O) groups is 1. The van der Waals surface area contributed by atoms with Gasteiger partial charge in [-0.1, -0.05) is 36.0 Å². The lowest BCUT2D eigenvalue weighted by atomic mass is 10.1. The van der Waals surface area contributed by atoms with E-state index in [2.05, 4.69) is 10.3 Å². The number of benzene rings is 2. The Morgan fingerprint density at radius 2 is 2.12 bits per heavy atom. The Morgan fingerprint density at radius 3 is 2.92 bits per heavy atom. The van der Waals surface area contributed by atoms with Gasteiger partial charge in [0.1, 0.15) is 5.52 Å². The number of thioether (sulfide) groups is 1. The van der Waals surface area contributed by atoms with Gasteiger partial charge >= 0.3 is 0 Å². The number of nitrogens with one attached hydrogen (secondary N) is 1. The van der Waals surface area contributed by atoms with Gasteiger partial charge in [0.15, 0.2) is 5.58 Å². The monoisotopic (exact) mass is 370 g/mol. The Kier molecular flexibility index (Phi) is 6.30. The van der Waals surface area contributed by atoms with Crippen molar-refractivity contribution in [3.63, 3.8) is 0 Å². The number of amides is 1. The van der Waals surface area contributed by atoms with Gasteiger partial charge in [-0.05, 0) is 42.7 Å². The highest BCUT2D eigenvalue weighted by molar-refractivity contribution is 7.98. The summed E-state index contributed by atoms with van der Waals surface area (Å²) in [7, 11) is 1.65. The van der Waals surface area contributed by atoms with E-state index in [4.69, 9.17) is 9.15 Å². The van der Waals surface area contributed by atoms with Gasteiger partial charge in [0.05, 0.1) is 0 Å². The number of carbonyl (C=O) groups excluding carboxylic acids is 1. The van der Waals surface area contributed by atoms with E-state index < -0.39 is 0 Å². The Labute approximate surface area is 157 Å². The fourth-order valence-electron chi connectivity index (χ4n) is 2.60.